The van der Waals surface area contributed by atoms with E-state index in [0.717, 1.165) is 23.0 Å². The van der Waals surface area contributed by atoms with Gasteiger partial charge < -0.3 is 10.6 Å². The van der Waals surface area contributed by atoms with Crippen molar-refractivity contribution >= 4 is 46.9 Å². The lowest BCUT2D eigenvalue weighted by Gasteiger charge is -2.19. The third-order valence-electron chi connectivity index (χ3n) is 7.96. The Hall–Kier alpha value is -2.72. The molecular weight excluding hydrogens is 641 g/mol. The Bertz CT molecular complexity index is 1100. The van der Waals surface area contributed by atoms with Crippen molar-refractivity contribution in [2.75, 3.05) is 23.0 Å². The number of amides is 2. The lowest BCUT2D eigenvalue weighted by atomic mass is 9.98. The van der Waals surface area contributed by atoms with E-state index in [0.29, 0.717) is 48.6 Å². The molecule has 2 aromatic heterocycles. The predicted octanol–water partition coefficient (Wildman–Crippen LogP) is 7.97. The van der Waals surface area contributed by atoms with Crippen LogP contribution in [0.25, 0.3) is 0 Å². The number of Topliss-reactive ketones (excluding diaryl/α,β-unsaturated/α-hetero) is 2. The molecular formula is C38H58N4O4S2. The van der Waals surface area contributed by atoms with Gasteiger partial charge >= 0.3 is 0 Å². The number of carbonyl (C=O) groups excluding carboxylic acids is 4. The van der Waals surface area contributed by atoms with E-state index in [4.69, 9.17) is 0 Å². The molecule has 0 aliphatic heterocycles. The third-order valence-corrected chi connectivity index (χ3v) is 10.1. The summed E-state index contributed by atoms with van der Waals surface area (Å²) in [7, 11) is 0. The Labute approximate surface area is 297 Å². The first-order valence-electron chi connectivity index (χ1n) is 17.8. The van der Waals surface area contributed by atoms with Gasteiger partial charge in [-0.05, 0) is 73.3 Å². The van der Waals surface area contributed by atoms with Crippen LogP contribution < -0.4 is 10.6 Å². The maximum Gasteiger partial charge on any atom is 0.253 e. The number of nitrogens with zero attached hydrogens (tertiary/aromatic N) is 2. The minimum absolute atomic E-state index is 0.109. The molecule has 8 nitrogen and oxygen atoms in total. The quantitative estimate of drug-likeness (QED) is 0.0903. The number of hydrogen-bond donors (Lipinski definition) is 2. The van der Waals surface area contributed by atoms with Crippen LogP contribution in [-0.2, 0) is 9.59 Å². The van der Waals surface area contributed by atoms with Gasteiger partial charge in [0.2, 0.25) is 0 Å². The molecule has 2 unspecified atom stereocenters. The Morgan fingerprint density at radius 2 is 0.958 bits per heavy atom. The summed E-state index contributed by atoms with van der Waals surface area (Å²) in [5.41, 5.74) is 0.956. The highest BCUT2D eigenvalue weighted by Crippen LogP contribution is 2.16. The monoisotopic (exact) mass is 698 g/mol. The van der Waals surface area contributed by atoms with Crippen molar-refractivity contribution in [2.24, 2.45) is 11.8 Å². The van der Waals surface area contributed by atoms with Crippen LogP contribution in [0.2, 0.25) is 0 Å². The SMILES string of the molecule is CC(C)CC(NC(=O)c1cccnc1)C(=O)CCSCCCCCCCCCCSCCC(=O)C(CC(C)C)NC(=O)c1cccnc1. The Morgan fingerprint density at radius 3 is 1.29 bits per heavy atom. The molecule has 0 spiro atoms. The average molecular weight is 699 g/mol. The summed E-state index contributed by atoms with van der Waals surface area (Å²) in [5.74, 6) is 4.10. The predicted molar refractivity (Wildman–Crippen MR) is 201 cm³/mol. The van der Waals surface area contributed by atoms with Gasteiger partial charge in [-0.1, -0.05) is 66.2 Å². The zero-order valence-electron chi connectivity index (χ0n) is 29.6. The molecule has 266 valence electrons. The first-order valence-corrected chi connectivity index (χ1v) is 20.1. The number of unbranched alkanes of at least 4 members (excludes halogenated alkanes) is 7. The molecule has 2 amide bonds. The highest BCUT2D eigenvalue weighted by Gasteiger charge is 2.23. The van der Waals surface area contributed by atoms with Gasteiger partial charge in [0.15, 0.2) is 11.6 Å². The van der Waals surface area contributed by atoms with E-state index in [-0.39, 0.29) is 23.4 Å². The Balaban J connectivity index is 1.45. The number of hydrogen-bond acceptors (Lipinski definition) is 8. The number of ketones is 2. The van der Waals surface area contributed by atoms with Crippen molar-refractivity contribution in [1.82, 2.24) is 20.6 Å². The van der Waals surface area contributed by atoms with Gasteiger partial charge in [-0.15, -0.1) is 0 Å². The number of rotatable bonds is 27. The van der Waals surface area contributed by atoms with Crippen molar-refractivity contribution in [3.63, 3.8) is 0 Å². The molecule has 2 N–H and O–H groups in total. The van der Waals surface area contributed by atoms with Gasteiger partial charge in [-0.2, -0.15) is 23.5 Å². The van der Waals surface area contributed by atoms with Crippen LogP contribution >= 0.6 is 23.5 Å². The molecule has 0 aliphatic rings. The molecule has 0 aromatic carbocycles. The van der Waals surface area contributed by atoms with Gasteiger partial charge in [-0.25, -0.2) is 0 Å². The third kappa shape index (κ3) is 18.7. The standard InChI is InChI=1S/C38H58N4O4S2/c1-29(2)25-33(41-37(45)31-15-13-19-39-27-31)35(43)17-23-47-21-11-9-7-5-6-8-10-12-22-48-24-18-36(44)34(26-30(3)4)42-38(46)32-16-14-20-40-28-32/h13-16,19-20,27-30,33-34H,5-12,17-18,21-26H2,1-4H3,(H,41,45)(H,42,46). The maximum absolute atomic E-state index is 12.9. The van der Waals surface area contributed by atoms with Crippen LogP contribution in [0, 0.1) is 11.8 Å². The number of thioether (sulfide) groups is 2. The molecule has 0 fully saturated rings. The van der Waals surface area contributed by atoms with Gasteiger partial charge in [0.25, 0.3) is 11.8 Å². The molecule has 0 saturated heterocycles. The van der Waals surface area contributed by atoms with Crippen LogP contribution in [-0.4, -0.2) is 68.4 Å². The minimum Gasteiger partial charge on any atom is -0.342 e. The molecule has 0 bridgehead atoms. The smallest absolute Gasteiger partial charge is 0.253 e. The van der Waals surface area contributed by atoms with Crippen LogP contribution in [0.1, 0.15) is 125 Å². The fraction of sp³-hybridized carbons (Fsp3) is 0.632. The molecule has 0 saturated carbocycles. The van der Waals surface area contributed by atoms with E-state index in [1.54, 1.807) is 36.7 Å². The highest BCUT2D eigenvalue weighted by molar-refractivity contribution is 7.99. The number of aromatic nitrogens is 2. The Morgan fingerprint density at radius 1 is 0.583 bits per heavy atom. The van der Waals surface area contributed by atoms with E-state index in [9.17, 15) is 19.2 Å². The van der Waals surface area contributed by atoms with Gasteiger partial charge in [0.05, 0.1) is 23.2 Å². The molecule has 48 heavy (non-hydrogen) atoms. The maximum atomic E-state index is 12.9. The van der Waals surface area contributed by atoms with Gasteiger partial charge in [-0.3, -0.25) is 29.1 Å². The Kier molecular flexibility index (Phi) is 21.8. The average Bonchev–Trinajstić information content (AvgIpc) is 3.07. The van der Waals surface area contributed by atoms with Crippen LogP contribution in [0.15, 0.2) is 49.1 Å². The van der Waals surface area contributed by atoms with Crippen molar-refractivity contribution in [3.8, 4) is 0 Å². The minimum atomic E-state index is -0.451. The summed E-state index contributed by atoms with van der Waals surface area (Å²) >= 11 is 3.67. The zero-order chi connectivity index (χ0) is 35.0. The summed E-state index contributed by atoms with van der Waals surface area (Å²) in [6.07, 6.45) is 18.4. The summed E-state index contributed by atoms with van der Waals surface area (Å²) in [5, 5.41) is 5.85. The van der Waals surface area contributed by atoms with E-state index < -0.39 is 12.1 Å². The zero-order valence-corrected chi connectivity index (χ0v) is 31.2. The number of carbonyl (C=O) groups is 4. The number of pyridine rings is 2. The van der Waals surface area contributed by atoms with Crippen LogP contribution in [0.3, 0.4) is 0 Å². The second-order valence-corrected chi connectivity index (χ2v) is 15.7. The van der Waals surface area contributed by atoms with Gasteiger partial charge in [0.1, 0.15) is 0 Å². The molecule has 2 rings (SSSR count). The highest BCUT2D eigenvalue weighted by atomic mass is 32.2. The molecule has 10 heteroatoms. The second kappa shape index (κ2) is 25.3. The van der Waals surface area contributed by atoms with Crippen LogP contribution in [0.5, 0.6) is 0 Å². The number of nitrogens with one attached hydrogen (secondary N) is 2. The normalized spacial score (nSPS) is 12.5. The summed E-state index contributed by atoms with van der Waals surface area (Å²) < 4.78 is 0. The van der Waals surface area contributed by atoms with E-state index in [2.05, 4.69) is 48.3 Å². The summed E-state index contributed by atoms with van der Waals surface area (Å²) in [6.45, 7) is 8.27. The van der Waals surface area contributed by atoms with Crippen molar-refractivity contribution in [1.29, 1.82) is 0 Å². The van der Waals surface area contributed by atoms with Crippen molar-refractivity contribution < 1.29 is 19.2 Å². The summed E-state index contributed by atoms with van der Waals surface area (Å²) in [4.78, 5) is 58.8. The van der Waals surface area contributed by atoms with Crippen molar-refractivity contribution in [3.05, 3.63) is 60.2 Å². The fourth-order valence-corrected chi connectivity index (χ4v) is 7.24. The van der Waals surface area contributed by atoms with Crippen LogP contribution in [0.4, 0.5) is 0 Å². The van der Waals surface area contributed by atoms with E-state index >= 15 is 0 Å². The molecule has 0 aliphatic carbocycles. The topological polar surface area (TPSA) is 118 Å². The van der Waals surface area contributed by atoms with E-state index in [1.165, 1.54) is 63.8 Å². The van der Waals surface area contributed by atoms with Gasteiger partial charge in [0, 0.05) is 49.1 Å². The molecule has 2 heterocycles. The largest absolute Gasteiger partial charge is 0.342 e. The lowest BCUT2D eigenvalue weighted by molar-refractivity contribution is -0.121. The molecule has 2 atom stereocenters. The fourth-order valence-electron chi connectivity index (χ4n) is 5.33. The van der Waals surface area contributed by atoms with Crippen molar-refractivity contribution in [2.45, 2.75) is 117 Å². The lowest BCUT2D eigenvalue weighted by Crippen LogP contribution is -2.42. The molecule has 0 radical (unpaired) electrons. The molecule has 2 aromatic rings. The summed E-state index contributed by atoms with van der Waals surface area (Å²) in [6, 6.07) is 5.97. The second-order valence-electron chi connectivity index (χ2n) is 13.3. The van der Waals surface area contributed by atoms with E-state index in [1.807, 2.05) is 23.5 Å². The first kappa shape index (κ1) is 41.5. The first-order chi connectivity index (χ1) is 23.2.